The first-order chi connectivity index (χ1) is 22.4. The second-order valence-electron chi connectivity index (χ2n) is 17.1. The number of rotatable bonds is 10. The minimum absolute atomic E-state index is 0.141. The van der Waals surface area contributed by atoms with Gasteiger partial charge in [0.25, 0.3) is 5.91 Å². The second-order valence-corrected chi connectivity index (χ2v) is 17.1. The van der Waals surface area contributed by atoms with Gasteiger partial charge in [0.2, 0.25) is 0 Å². The number of fused-ring (bicyclic) bond motifs is 4. The molecule has 0 unspecified atom stereocenters. The summed E-state index contributed by atoms with van der Waals surface area (Å²) >= 11 is 0. The summed E-state index contributed by atoms with van der Waals surface area (Å²) in [5.41, 5.74) is 4.82. The van der Waals surface area contributed by atoms with Crippen molar-refractivity contribution in [2.75, 3.05) is 6.61 Å². The highest BCUT2D eigenvalue weighted by molar-refractivity contribution is 5.92. The van der Waals surface area contributed by atoms with Gasteiger partial charge >= 0.3 is 5.97 Å². The van der Waals surface area contributed by atoms with Crippen molar-refractivity contribution in [3.8, 4) is 0 Å². The lowest BCUT2D eigenvalue weighted by Gasteiger charge is -2.57. The Hall–Kier alpha value is -2.22. The SMILES string of the molecule is CC(=O)OC[C@H]1CCC[C@H](n2cc(C(=O)N[C@@H]3CC[C@@]4(C)[C@@H](CCC5=C6CC[C@H]([C@H](C)CC[C@H](C)C(C)C)[C@@]6(C)CC[C@@H]54)C3)nn2)O1. The number of nitrogens with one attached hydrogen (secondary N) is 1. The largest absolute Gasteiger partial charge is 0.463 e. The van der Waals surface area contributed by atoms with Crippen LogP contribution in [0.3, 0.4) is 0 Å². The Labute approximate surface area is 283 Å². The van der Waals surface area contributed by atoms with Gasteiger partial charge in [0.05, 0.1) is 12.3 Å². The number of allylic oxidation sites excluding steroid dienone is 2. The molecule has 0 aromatic carbocycles. The van der Waals surface area contributed by atoms with E-state index >= 15 is 0 Å². The van der Waals surface area contributed by atoms with E-state index in [0.717, 1.165) is 61.7 Å². The Bertz CT molecular complexity index is 1320. The lowest BCUT2D eigenvalue weighted by atomic mass is 9.48. The fourth-order valence-corrected chi connectivity index (χ4v) is 10.8. The van der Waals surface area contributed by atoms with Crippen LogP contribution in [-0.4, -0.2) is 45.6 Å². The molecule has 0 bridgehead atoms. The first kappa shape index (κ1) is 34.6. The first-order valence-corrected chi connectivity index (χ1v) is 19.1. The molecule has 1 saturated heterocycles. The van der Waals surface area contributed by atoms with Crippen LogP contribution in [-0.2, 0) is 14.3 Å². The maximum atomic E-state index is 13.3. The normalized spacial score (nSPS) is 36.7. The summed E-state index contributed by atoms with van der Waals surface area (Å²) in [4.78, 5) is 24.6. The zero-order valence-electron chi connectivity index (χ0n) is 30.4. The highest BCUT2D eigenvalue weighted by Gasteiger charge is 2.55. The van der Waals surface area contributed by atoms with Gasteiger partial charge in [0.1, 0.15) is 6.61 Å². The molecule has 6 rings (SSSR count). The molecule has 1 aromatic heterocycles. The average Bonchev–Trinajstić information content (AvgIpc) is 3.68. The van der Waals surface area contributed by atoms with Crippen molar-refractivity contribution in [2.45, 2.75) is 157 Å². The molecule has 0 radical (unpaired) electrons. The van der Waals surface area contributed by atoms with Crippen molar-refractivity contribution in [3.63, 3.8) is 0 Å². The highest BCUT2D eigenvalue weighted by Crippen LogP contribution is 2.66. The topological polar surface area (TPSA) is 95.3 Å². The molecule has 1 aliphatic heterocycles. The first-order valence-electron chi connectivity index (χ1n) is 19.1. The van der Waals surface area contributed by atoms with Crippen LogP contribution in [0.15, 0.2) is 17.3 Å². The predicted octanol–water partition coefficient (Wildman–Crippen LogP) is 8.44. The number of aromatic nitrogens is 3. The molecule has 262 valence electrons. The van der Waals surface area contributed by atoms with Crippen LogP contribution >= 0.6 is 0 Å². The second kappa shape index (κ2) is 14.0. The van der Waals surface area contributed by atoms with Crippen molar-refractivity contribution >= 4 is 11.9 Å². The molecule has 1 amide bonds. The van der Waals surface area contributed by atoms with Crippen LogP contribution in [0, 0.1) is 46.3 Å². The average molecular weight is 651 g/mol. The lowest BCUT2D eigenvalue weighted by molar-refractivity contribution is -0.155. The van der Waals surface area contributed by atoms with Crippen LogP contribution in [0.4, 0.5) is 0 Å². The van der Waals surface area contributed by atoms with E-state index in [0.29, 0.717) is 22.4 Å². The van der Waals surface area contributed by atoms with E-state index in [9.17, 15) is 9.59 Å². The third-order valence-corrected chi connectivity index (χ3v) is 14.1. The Morgan fingerprint density at radius 2 is 1.85 bits per heavy atom. The van der Waals surface area contributed by atoms with Gasteiger partial charge in [-0.1, -0.05) is 70.7 Å². The van der Waals surface area contributed by atoms with Crippen LogP contribution in [0.2, 0.25) is 0 Å². The molecule has 4 aliphatic carbocycles. The van der Waals surface area contributed by atoms with Gasteiger partial charge in [-0.25, -0.2) is 4.68 Å². The Kier molecular flexibility index (Phi) is 10.3. The summed E-state index contributed by atoms with van der Waals surface area (Å²) in [5, 5.41) is 11.8. The van der Waals surface area contributed by atoms with Gasteiger partial charge in [-0.3, -0.25) is 9.59 Å². The fraction of sp³-hybridized carbons (Fsp3) is 0.846. The van der Waals surface area contributed by atoms with E-state index in [-0.39, 0.29) is 36.9 Å². The zero-order valence-corrected chi connectivity index (χ0v) is 30.4. The van der Waals surface area contributed by atoms with Crippen molar-refractivity contribution in [1.82, 2.24) is 20.3 Å². The molecule has 1 aromatic rings. The molecule has 2 heterocycles. The number of hydrogen-bond acceptors (Lipinski definition) is 6. The van der Waals surface area contributed by atoms with Crippen LogP contribution in [0.5, 0.6) is 0 Å². The monoisotopic (exact) mass is 650 g/mol. The Morgan fingerprint density at radius 3 is 2.62 bits per heavy atom. The van der Waals surface area contributed by atoms with Gasteiger partial charge in [-0.05, 0) is 123 Å². The van der Waals surface area contributed by atoms with Crippen LogP contribution in [0.1, 0.15) is 155 Å². The van der Waals surface area contributed by atoms with Gasteiger partial charge in [0, 0.05) is 13.0 Å². The number of ether oxygens (including phenoxy) is 2. The molecular formula is C39H62N4O4. The van der Waals surface area contributed by atoms with Gasteiger partial charge in [0.15, 0.2) is 11.9 Å². The molecule has 1 N–H and O–H groups in total. The van der Waals surface area contributed by atoms with Crippen LogP contribution < -0.4 is 5.32 Å². The van der Waals surface area contributed by atoms with E-state index in [4.69, 9.17) is 9.47 Å². The minimum atomic E-state index is -0.305. The molecule has 10 atom stereocenters. The zero-order chi connectivity index (χ0) is 33.5. The third kappa shape index (κ3) is 6.96. The molecule has 3 saturated carbocycles. The van der Waals surface area contributed by atoms with Gasteiger partial charge in [-0.2, -0.15) is 0 Å². The maximum Gasteiger partial charge on any atom is 0.302 e. The summed E-state index contributed by atoms with van der Waals surface area (Å²) < 4.78 is 12.9. The summed E-state index contributed by atoms with van der Waals surface area (Å²) in [6, 6.07) is 0.178. The Balaban J connectivity index is 1.05. The number of carbonyl (C=O) groups excluding carboxylic acids is 2. The Morgan fingerprint density at radius 1 is 1.04 bits per heavy atom. The quantitative estimate of drug-likeness (QED) is 0.202. The molecule has 4 fully saturated rings. The van der Waals surface area contributed by atoms with Gasteiger partial charge < -0.3 is 14.8 Å². The molecule has 8 heteroatoms. The molecule has 0 spiro atoms. The highest BCUT2D eigenvalue weighted by atomic mass is 16.6. The van der Waals surface area contributed by atoms with E-state index in [2.05, 4.69) is 57.2 Å². The molecule has 5 aliphatic rings. The number of esters is 1. The summed E-state index contributed by atoms with van der Waals surface area (Å²) in [7, 11) is 0. The lowest BCUT2D eigenvalue weighted by Crippen LogP contribution is -2.51. The smallest absolute Gasteiger partial charge is 0.302 e. The van der Waals surface area contributed by atoms with Crippen molar-refractivity contribution in [1.29, 1.82) is 0 Å². The fourth-order valence-electron chi connectivity index (χ4n) is 10.8. The number of amides is 1. The number of hydrogen-bond donors (Lipinski definition) is 1. The van der Waals surface area contributed by atoms with Crippen molar-refractivity contribution in [2.24, 2.45) is 46.3 Å². The van der Waals surface area contributed by atoms with Gasteiger partial charge in [-0.15, -0.1) is 5.10 Å². The summed E-state index contributed by atoms with van der Waals surface area (Å²) in [5.74, 6) is 4.16. The summed E-state index contributed by atoms with van der Waals surface area (Å²) in [6.45, 7) is 16.6. The molecule has 8 nitrogen and oxygen atoms in total. The van der Waals surface area contributed by atoms with E-state index in [1.165, 1.54) is 64.7 Å². The number of nitrogens with zero attached hydrogens (tertiary/aromatic N) is 3. The van der Waals surface area contributed by atoms with Crippen molar-refractivity contribution in [3.05, 3.63) is 23.0 Å². The predicted molar refractivity (Wildman–Crippen MR) is 183 cm³/mol. The van der Waals surface area contributed by atoms with E-state index < -0.39 is 0 Å². The molecular weight excluding hydrogens is 588 g/mol. The van der Waals surface area contributed by atoms with Crippen LogP contribution in [0.25, 0.3) is 0 Å². The summed E-state index contributed by atoms with van der Waals surface area (Å²) in [6.07, 6.45) is 17.8. The standard InChI is InChI=1S/C39H62N4O4/c1-24(2)25(3)11-12-26(4)32-15-16-33-31-14-13-28-21-29(17-19-38(28,6)34(31)18-20-39(32,33)7)40-37(45)35-22-43(42-41-35)36-10-8-9-30(47-36)23-46-27(5)44/h22,24-26,28-30,32,34,36H,8-21,23H2,1-7H3,(H,40,45)/t25-,26+,28-,29+,30+,32+,34-,36+,38-,39+/m0/s1. The maximum absolute atomic E-state index is 13.3. The van der Waals surface area contributed by atoms with Crippen molar-refractivity contribution < 1.29 is 19.1 Å². The minimum Gasteiger partial charge on any atom is -0.463 e. The third-order valence-electron chi connectivity index (χ3n) is 14.1. The van der Waals surface area contributed by atoms with E-state index in [1.807, 2.05) is 11.1 Å². The molecule has 47 heavy (non-hydrogen) atoms. The van der Waals surface area contributed by atoms with E-state index in [1.54, 1.807) is 10.9 Å². The number of carbonyl (C=O) groups is 2.